The summed E-state index contributed by atoms with van der Waals surface area (Å²) in [5.41, 5.74) is 0. The average Bonchev–Trinajstić information content (AvgIpc) is 2.37. The minimum atomic E-state index is -1.21. The van der Waals surface area contributed by atoms with Gasteiger partial charge in [0.05, 0.1) is 12.8 Å². The predicted molar refractivity (Wildman–Crippen MR) is 65.5 cm³/mol. The Kier molecular flexibility index (Phi) is 6.24. The van der Waals surface area contributed by atoms with Gasteiger partial charge in [0.1, 0.15) is 12.4 Å². The molecule has 1 atom stereocenters. The fourth-order valence-electron chi connectivity index (χ4n) is 1.20. The molecule has 0 radical (unpaired) electrons. The fraction of sp³-hybridized carbons (Fsp3) is 0.333. The van der Waals surface area contributed by atoms with Gasteiger partial charge in [0.25, 0.3) is 0 Å². The lowest BCUT2D eigenvalue weighted by molar-refractivity contribution is -0.147. The number of benzene rings is 1. The zero-order valence-corrected chi connectivity index (χ0v) is 10.5. The molecule has 0 aliphatic heterocycles. The van der Waals surface area contributed by atoms with Crippen LogP contribution >= 0.6 is 0 Å². The van der Waals surface area contributed by atoms with Crippen LogP contribution in [0, 0.1) is 0 Å². The van der Waals surface area contributed by atoms with Crippen LogP contribution in [0.3, 0.4) is 0 Å². The molecule has 1 aromatic rings. The van der Waals surface area contributed by atoms with Crippen LogP contribution in [-0.4, -0.2) is 34.0 Å². The number of carboxylic acids is 1. The molecule has 1 N–H and O–H groups in total. The maximum Gasteiger partial charge on any atom is 0.306 e. The molecule has 0 aliphatic rings. The molecule has 0 spiro atoms. The first kappa shape index (κ1) is 14.5. The van der Waals surface area contributed by atoms with Gasteiger partial charge in [0.2, 0.25) is 0 Å². The highest BCUT2D eigenvalue weighted by Crippen LogP contribution is 2.09. The molecule has 1 rings (SSSR count). The molecule has 0 saturated heterocycles. The molecule has 1 aromatic carbocycles. The van der Waals surface area contributed by atoms with Crippen LogP contribution < -0.4 is 0 Å². The molecule has 5 nitrogen and oxygen atoms in total. The summed E-state index contributed by atoms with van der Waals surface area (Å²) >= 11 is -1.21. The van der Waals surface area contributed by atoms with Crippen molar-refractivity contribution in [2.45, 2.75) is 17.7 Å². The predicted octanol–water partition coefficient (Wildman–Crippen LogP) is 1.20. The fourth-order valence-corrected chi connectivity index (χ4v) is 2.13. The van der Waals surface area contributed by atoms with E-state index in [0.29, 0.717) is 4.90 Å². The Bertz CT molecular complexity index is 393. The molecule has 98 valence electrons. The Balaban J connectivity index is 2.21. The smallest absolute Gasteiger partial charge is 0.306 e. The highest BCUT2D eigenvalue weighted by Gasteiger charge is 2.12. The van der Waals surface area contributed by atoms with Crippen LogP contribution in [0.1, 0.15) is 12.8 Å². The number of hydrogen-bond acceptors (Lipinski definition) is 4. The van der Waals surface area contributed by atoms with Crippen molar-refractivity contribution >= 4 is 23.1 Å². The van der Waals surface area contributed by atoms with E-state index in [0.717, 1.165) is 0 Å². The molecule has 0 saturated carbocycles. The van der Waals surface area contributed by atoms with E-state index in [-0.39, 0.29) is 25.2 Å². The number of carboxylic acid groups (broad SMARTS) is 1. The van der Waals surface area contributed by atoms with Crippen molar-refractivity contribution in [2.75, 3.05) is 12.4 Å². The molecule has 6 heteroatoms. The largest absolute Gasteiger partial charge is 0.611 e. The van der Waals surface area contributed by atoms with Crippen molar-refractivity contribution < 1.29 is 24.0 Å². The molecule has 0 fully saturated rings. The lowest BCUT2D eigenvalue weighted by atomic mass is 10.3. The quantitative estimate of drug-likeness (QED) is 0.594. The van der Waals surface area contributed by atoms with Gasteiger partial charge < -0.3 is 14.4 Å². The molecule has 0 bridgehead atoms. The van der Waals surface area contributed by atoms with Gasteiger partial charge in [0, 0.05) is 0 Å². The zero-order chi connectivity index (χ0) is 13.4. The Labute approximate surface area is 108 Å². The Hall–Kier alpha value is -1.53. The van der Waals surface area contributed by atoms with Gasteiger partial charge in [-0.15, -0.1) is 0 Å². The summed E-state index contributed by atoms with van der Waals surface area (Å²) in [6, 6.07) is 8.87. The number of hydrogen-bond donors (Lipinski definition) is 1. The number of carbonyl (C=O) groups is 2. The van der Waals surface area contributed by atoms with E-state index in [2.05, 4.69) is 0 Å². The lowest BCUT2D eigenvalue weighted by Crippen LogP contribution is -2.16. The molecule has 0 amide bonds. The van der Waals surface area contributed by atoms with Crippen molar-refractivity contribution in [3.63, 3.8) is 0 Å². The highest BCUT2D eigenvalue weighted by molar-refractivity contribution is 7.91. The van der Waals surface area contributed by atoms with Crippen molar-refractivity contribution in [3.8, 4) is 0 Å². The highest BCUT2D eigenvalue weighted by atomic mass is 32.2. The van der Waals surface area contributed by atoms with Gasteiger partial charge >= 0.3 is 11.9 Å². The second-order valence-electron chi connectivity index (χ2n) is 3.48. The molecule has 0 heterocycles. The van der Waals surface area contributed by atoms with Gasteiger partial charge in [0.15, 0.2) is 4.90 Å². The van der Waals surface area contributed by atoms with Gasteiger partial charge in [-0.1, -0.05) is 18.2 Å². The Morgan fingerprint density at radius 2 is 1.89 bits per heavy atom. The van der Waals surface area contributed by atoms with Gasteiger partial charge in [-0.2, -0.15) is 0 Å². The van der Waals surface area contributed by atoms with Gasteiger partial charge in [-0.25, -0.2) is 0 Å². The Morgan fingerprint density at radius 1 is 1.22 bits per heavy atom. The summed E-state index contributed by atoms with van der Waals surface area (Å²) in [6.07, 6.45) is -0.409. The number of esters is 1. The summed E-state index contributed by atoms with van der Waals surface area (Å²) in [6.45, 7) is 0.0277. The second kappa shape index (κ2) is 7.73. The normalized spacial score (nSPS) is 11.8. The molecular weight excluding hydrogens is 256 g/mol. The zero-order valence-electron chi connectivity index (χ0n) is 9.70. The first-order valence-corrected chi connectivity index (χ1v) is 6.72. The topological polar surface area (TPSA) is 86.7 Å². The summed E-state index contributed by atoms with van der Waals surface area (Å²) in [7, 11) is 0. The van der Waals surface area contributed by atoms with E-state index in [1.807, 2.05) is 6.07 Å². The molecule has 0 aliphatic carbocycles. The molecule has 1 unspecified atom stereocenters. The number of ether oxygens (including phenoxy) is 1. The average molecular weight is 270 g/mol. The van der Waals surface area contributed by atoms with E-state index >= 15 is 0 Å². The SMILES string of the molecule is O=C(O)CCC(=O)OCC[S+]([O-])c1ccccc1. The summed E-state index contributed by atoms with van der Waals surface area (Å²) < 4.78 is 16.5. The second-order valence-corrected chi connectivity index (χ2v) is 5.05. The van der Waals surface area contributed by atoms with Crippen LogP contribution in [0.2, 0.25) is 0 Å². The number of rotatable bonds is 7. The third kappa shape index (κ3) is 5.70. The minimum Gasteiger partial charge on any atom is -0.611 e. The maximum atomic E-state index is 11.7. The standard InChI is InChI=1S/C12H14O5S/c13-11(14)6-7-12(15)17-8-9-18(16)10-4-2-1-3-5-10/h1-5H,6-9H2,(H,13,14). The van der Waals surface area contributed by atoms with Crippen molar-refractivity contribution in [2.24, 2.45) is 0 Å². The first-order valence-electron chi connectivity index (χ1n) is 5.40. The summed E-state index contributed by atoms with van der Waals surface area (Å²) in [5, 5.41) is 8.37. The molecular formula is C12H14O5S. The van der Waals surface area contributed by atoms with Gasteiger partial charge in [-0.3, -0.25) is 9.59 Å². The molecule has 18 heavy (non-hydrogen) atoms. The summed E-state index contributed by atoms with van der Waals surface area (Å²) in [4.78, 5) is 22.0. The lowest BCUT2D eigenvalue weighted by Gasteiger charge is -2.10. The first-order chi connectivity index (χ1) is 8.59. The summed E-state index contributed by atoms with van der Waals surface area (Å²) in [5.74, 6) is -1.41. The van der Waals surface area contributed by atoms with Crippen LogP contribution in [0.25, 0.3) is 0 Å². The third-order valence-electron chi connectivity index (χ3n) is 2.08. The van der Waals surface area contributed by atoms with E-state index in [4.69, 9.17) is 9.84 Å². The molecule has 0 aromatic heterocycles. The number of aliphatic carboxylic acids is 1. The third-order valence-corrected chi connectivity index (χ3v) is 3.42. The maximum absolute atomic E-state index is 11.7. The van der Waals surface area contributed by atoms with Crippen LogP contribution in [0.4, 0.5) is 0 Å². The minimum absolute atomic E-state index is 0.0277. The van der Waals surface area contributed by atoms with E-state index in [1.54, 1.807) is 24.3 Å². The monoisotopic (exact) mass is 270 g/mol. The van der Waals surface area contributed by atoms with Crippen molar-refractivity contribution in [1.82, 2.24) is 0 Å². The van der Waals surface area contributed by atoms with E-state index < -0.39 is 23.1 Å². The van der Waals surface area contributed by atoms with Gasteiger partial charge in [-0.05, 0) is 23.3 Å². The Morgan fingerprint density at radius 3 is 2.50 bits per heavy atom. The van der Waals surface area contributed by atoms with Crippen LogP contribution in [0.5, 0.6) is 0 Å². The van der Waals surface area contributed by atoms with Crippen LogP contribution in [-0.2, 0) is 25.5 Å². The van der Waals surface area contributed by atoms with Crippen molar-refractivity contribution in [1.29, 1.82) is 0 Å². The van der Waals surface area contributed by atoms with Crippen LogP contribution in [0.15, 0.2) is 35.2 Å². The number of carbonyl (C=O) groups excluding carboxylic acids is 1. The van der Waals surface area contributed by atoms with E-state index in [9.17, 15) is 14.1 Å². The van der Waals surface area contributed by atoms with E-state index in [1.165, 1.54) is 0 Å². The van der Waals surface area contributed by atoms with Crippen molar-refractivity contribution in [3.05, 3.63) is 30.3 Å².